The average Bonchev–Trinajstić information content (AvgIpc) is 2.27. The quantitative estimate of drug-likeness (QED) is 0.793. The van der Waals surface area contributed by atoms with E-state index < -0.39 is 0 Å². The van der Waals surface area contributed by atoms with E-state index in [9.17, 15) is 0 Å². The molecule has 1 rings (SSSR count). The van der Waals surface area contributed by atoms with E-state index in [1.165, 1.54) is 0 Å². The Morgan fingerprint density at radius 1 is 1.32 bits per heavy atom. The maximum atomic E-state index is 5.88. The van der Waals surface area contributed by atoms with Crippen LogP contribution in [0.4, 0.5) is 5.82 Å². The Morgan fingerprint density at radius 3 is 2.53 bits per heavy atom. The lowest BCUT2D eigenvalue weighted by Gasteiger charge is -2.31. The van der Waals surface area contributed by atoms with Gasteiger partial charge in [-0.1, -0.05) is 13.8 Å². The van der Waals surface area contributed by atoms with Crippen LogP contribution >= 0.6 is 0 Å². The van der Waals surface area contributed by atoms with Crippen molar-refractivity contribution in [1.29, 1.82) is 0 Å². The molecule has 0 saturated carbocycles. The Bertz CT molecular complexity index is 395. The molecule has 0 amide bonds. The molecule has 0 aliphatic heterocycles. The second kappa shape index (κ2) is 6.70. The molecule has 0 fully saturated rings. The highest BCUT2D eigenvalue weighted by Gasteiger charge is 2.24. The van der Waals surface area contributed by atoms with Gasteiger partial charge >= 0.3 is 0 Å². The van der Waals surface area contributed by atoms with E-state index in [-0.39, 0.29) is 11.6 Å². The molecule has 5 heteroatoms. The third-order valence-corrected chi connectivity index (χ3v) is 2.71. The fraction of sp³-hybridized carbons (Fsp3) is 0.714. The molecule has 0 aliphatic carbocycles. The van der Waals surface area contributed by atoms with Gasteiger partial charge in [-0.05, 0) is 33.1 Å². The number of ether oxygens (including phenoxy) is 1. The van der Waals surface area contributed by atoms with Gasteiger partial charge in [0.25, 0.3) is 0 Å². The van der Waals surface area contributed by atoms with Crippen LogP contribution in [0, 0.1) is 5.92 Å². The van der Waals surface area contributed by atoms with E-state index in [0.717, 1.165) is 6.42 Å². The summed E-state index contributed by atoms with van der Waals surface area (Å²) in [6.45, 7) is 10.9. The van der Waals surface area contributed by atoms with Gasteiger partial charge in [0.05, 0.1) is 18.5 Å². The topological polar surface area (TPSA) is 73.1 Å². The van der Waals surface area contributed by atoms with Crippen LogP contribution in [0.1, 0.15) is 41.0 Å². The Labute approximate surface area is 116 Å². The van der Waals surface area contributed by atoms with Crippen molar-refractivity contribution >= 4 is 5.82 Å². The molecule has 5 nitrogen and oxygen atoms in total. The van der Waals surface area contributed by atoms with E-state index in [4.69, 9.17) is 10.5 Å². The van der Waals surface area contributed by atoms with Crippen LogP contribution in [0.25, 0.3) is 0 Å². The van der Waals surface area contributed by atoms with Crippen LogP contribution in [0.3, 0.4) is 0 Å². The van der Waals surface area contributed by atoms with Crippen LogP contribution < -0.4 is 15.8 Å². The van der Waals surface area contributed by atoms with E-state index in [1.807, 2.05) is 13.8 Å². The summed E-state index contributed by atoms with van der Waals surface area (Å²) in [6, 6.07) is 0. The largest absolute Gasteiger partial charge is 0.474 e. The van der Waals surface area contributed by atoms with Gasteiger partial charge in [0.15, 0.2) is 0 Å². The molecule has 1 unspecified atom stereocenters. The van der Waals surface area contributed by atoms with Crippen molar-refractivity contribution in [3.05, 3.63) is 12.4 Å². The zero-order chi connectivity index (χ0) is 14.5. The molecule has 19 heavy (non-hydrogen) atoms. The monoisotopic (exact) mass is 266 g/mol. The lowest BCUT2D eigenvalue weighted by molar-refractivity contribution is 0.232. The molecule has 0 saturated heterocycles. The number of nitrogens with zero attached hydrogens (tertiary/aromatic N) is 2. The van der Waals surface area contributed by atoms with E-state index in [0.29, 0.717) is 24.2 Å². The number of hydrogen-bond acceptors (Lipinski definition) is 5. The van der Waals surface area contributed by atoms with Gasteiger partial charge in [-0.25, -0.2) is 0 Å². The highest BCUT2D eigenvalue weighted by Crippen LogP contribution is 2.21. The number of nitrogens with one attached hydrogen (secondary N) is 1. The smallest absolute Gasteiger partial charge is 0.234 e. The summed E-state index contributed by atoms with van der Waals surface area (Å²) in [5.74, 6) is 1.79. The average molecular weight is 266 g/mol. The standard InChI is InChI=1S/C14H26N4O/c1-10(2)6-14(5,9-15)18-12-7-16-8-13(17-12)19-11(3)4/h7-8,10-11H,6,9,15H2,1-5H3,(H,17,18). The van der Waals surface area contributed by atoms with Crippen molar-refractivity contribution in [2.45, 2.75) is 52.7 Å². The molecule has 108 valence electrons. The Morgan fingerprint density at radius 2 is 2.00 bits per heavy atom. The minimum absolute atomic E-state index is 0.0844. The van der Waals surface area contributed by atoms with E-state index in [1.54, 1.807) is 12.4 Å². The molecule has 0 radical (unpaired) electrons. The molecule has 1 aromatic rings. The van der Waals surface area contributed by atoms with Crippen molar-refractivity contribution < 1.29 is 4.74 Å². The number of nitrogens with two attached hydrogens (primary N) is 1. The van der Waals surface area contributed by atoms with Crippen LogP contribution in [0.5, 0.6) is 5.88 Å². The van der Waals surface area contributed by atoms with Crippen molar-refractivity contribution in [3.63, 3.8) is 0 Å². The second-order valence-electron chi connectivity index (χ2n) is 5.90. The van der Waals surface area contributed by atoms with E-state index in [2.05, 4.69) is 36.1 Å². The first-order chi connectivity index (χ1) is 8.84. The Balaban J connectivity index is 2.79. The Hall–Kier alpha value is -1.36. The predicted octanol–water partition coefficient (Wildman–Crippen LogP) is 2.44. The normalized spacial score (nSPS) is 14.5. The summed E-state index contributed by atoms with van der Waals surface area (Å²) in [6.07, 6.45) is 4.37. The van der Waals surface area contributed by atoms with E-state index >= 15 is 0 Å². The van der Waals surface area contributed by atoms with Crippen LogP contribution in [-0.2, 0) is 0 Å². The summed E-state index contributed by atoms with van der Waals surface area (Å²) < 4.78 is 5.54. The summed E-state index contributed by atoms with van der Waals surface area (Å²) in [4.78, 5) is 8.55. The number of anilines is 1. The number of aromatic nitrogens is 2. The molecule has 0 aromatic carbocycles. The van der Waals surface area contributed by atoms with Gasteiger partial charge in [0, 0.05) is 12.1 Å². The predicted molar refractivity (Wildman–Crippen MR) is 78.3 cm³/mol. The molecule has 1 atom stereocenters. The molecule has 1 heterocycles. The Kier molecular flexibility index (Phi) is 5.54. The summed E-state index contributed by atoms with van der Waals surface area (Å²) in [7, 11) is 0. The van der Waals surface area contributed by atoms with Crippen molar-refractivity contribution in [3.8, 4) is 5.88 Å². The first-order valence-corrected chi connectivity index (χ1v) is 6.81. The molecule has 0 bridgehead atoms. The third kappa shape index (κ3) is 5.42. The van der Waals surface area contributed by atoms with Gasteiger partial charge in [-0.15, -0.1) is 0 Å². The van der Waals surface area contributed by atoms with Gasteiger partial charge in [-0.2, -0.15) is 4.98 Å². The maximum absolute atomic E-state index is 5.88. The summed E-state index contributed by atoms with van der Waals surface area (Å²) in [5, 5.41) is 3.37. The zero-order valence-electron chi connectivity index (χ0n) is 12.6. The minimum atomic E-state index is -0.181. The van der Waals surface area contributed by atoms with Crippen molar-refractivity contribution in [2.24, 2.45) is 11.7 Å². The first-order valence-electron chi connectivity index (χ1n) is 6.81. The zero-order valence-corrected chi connectivity index (χ0v) is 12.6. The van der Waals surface area contributed by atoms with Gasteiger partial charge in [0.1, 0.15) is 5.82 Å². The lowest BCUT2D eigenvalue weighted by atomic mass is 9.91. The number of rotatable bonds is 7. The highest BCUT2D eigenvalue weighted by molar-refractivity contribution is 5.37. The SMILES string of the molecule is CC(C)CC(C)(CN)Nc1cncc(OC(C)C)n1. The van der Waals surface area contributed by atoms with Crippen LogP contribution in [-0.4, -0.2) is 28.2 Å². The van der Waals surface area contributed by atoms with Gasteiger partial charge in [-0.3, -0.25) is 4.98 Å². The van der Waals surface area contributed by atoms with Crippen molar-refractivity contribution in [1.82, 2.24) is 9.97 Å². The molecule has 0 spiro atoms. The highest BCUT2D eigenvalue weighted by atomic mass is 16.5. The fourth-order valence-corrected chi connectivity index (χ4v) is 2.10. The molecule has 1 aromatic heterocycles. The summed E-state index contributed by atoms with van der Waals surface area (Å²) in [5.41, 5.74) is 5.70. The van der Waals surface area contributed by atoms with Crippen molar-refractivity contribution in [2.75, 3.05) is 11.9 Å². The second-order valence-corrected chi connectivity index (χ2v) is 5.90. The third-order valence-electron chi connectivity index (χ3n) is 2.71. The number of hydrogen-bond donors (Lipinski definition) is 2. The van der Waals surface area contributed by atoms with Gasteiger partial charge < -0.3 is 15.8 Å². The molecular formula is C14H26N4O. The lowest BCUT2D eigenvalue weighted by Crippen LogP contribution is -2.43. The maximum Gasteiger partial charge on any atom is 0.234 e. The van der Waals surface area contributed by atoms with Crippen LogP contribution in [0.2, 0.25) is 0 Å². The molecule has 3 N–H and O–H groups in total. The van der Waals surface area contributed by atoms with Crippen LogP contribution in [0.15, 0.2) is 12.4 Å². The minimum Gasteiger partial charge on any atom is -0.474 e. The summed E-state index contributed by atoms with van der Waals surface area (Å²) >= 11 is 0. The molecular weight excluding hydrogens is 240 g/mol. The molecule has 0 aliphatic rings. The first kappa shape index (κ1) is 15.7. The van der Waals surface area contributed by atoms with Gasteiger partial charge in [0.2, 0.25) is 5.88 Å². The fourth-order valence-electron chi connectivity index (χ4n) is 2.10.